The second-order valence-electron chi connectivity index (χ2n) is 7.94. The van der Waals surface area contributed by atoms with Crippen LogP contribution in [0, 0.1) is 12.8 Å². The highest BCUT2D eigenvalue weighted by Crippen LogP contribution is 2.28. The minimum Gasteiger partial charge on any atom is -0.379 e. The number of hydrogen-bond donors (Lipinski definition) is 0. The van der Waals surface area contributed by atoms with E-state index in [4.69, 9.17) is 15.8 Å². The fourth-order valence-electron chi connectivity index (χ4n) is 3.13. The van der Waals surface area contributed by atoms with Crippen LogP contribution in [0.1, 0.15) is 51.7 Å². The molecule has 1 atom stereocenters. The van der Waals surface area contributed by atoms with Crippen LogP contribution in [0.3, 0.4) is 0 Å². The molecule has 1 unspecified atom stereocenters. The molecule has 5 nitrogen and oxygen atoms in total. The van der Waals surface area contributed by atoms with Gasteiger partial charge in [0.2, 0.25) is 5.91 Å². The van der Waals surface area contributed by atoms with Gasteiger partial charge in [-0.1, -0.05) is 56.6 Å². The van der Waals surface area contributed by atoms with Crippen molar-refractivity contribution in [1.29, 1.82) is 0 Å². The lowest BCUT2D eigenvalue weighted by molar-refractivity contribution is -0.134. The van der Waals surface area contributed by atoms with E-state index in [0.29, 0.717) is 24.4 Å². The molecule has 1 amide bonds. The zero-order valence-corrected chi connectivity index (χ0v) is 19.8. The van der Waals surface area contributed by atoms with Crippen LogP contribution in [0.2, 0.25) is 5.02 Å². The van der Waals surface area contributed by atoms with E-state index in [9.17, 15) is 13.2 Å². The number of hydrogen-bond acceptors (Lipinski definition) is 4. The summed E-state index contributed by atoms with van der Waals surface area (Å²) in [5, 5.41) is 0.125. The number of rotatable bonds is 9. The molecule has 2 aromatic carbocycles. The van der Waals surface area contributed by atoms with E-state index < -0.39 is 10.1 Å². The average Bonchev–Trinajstić information content (AvgIpc) is 2.65. The van der Waals surface area contributed by atoms with Crippen molar-refractivity contribution in [3.63, 3.8) is 0 Å². The van der Waals surface area contributed by atoms with E-state index in [1.165, 1.54) is 6.07 Å². The molecule has 0 fully saturated rings. The van der Waals surface area contributed by atoms with Gasteiger partial charge < -0.3 is 9.08 Å². The van der Waals surface area contributed by atoms with Crippen molar-refractivity contribution in [2.24, 2.45) is 5.92 Å². The van der Waals surface area contributed by atoms with Crippen molar-refractivity contribution in [3.8, 4) is 5.75 Å². The summed E-state index contributed by atoms with van der Waals surface area (Å²) in [7, 11) is -4.05. The lowest BCUT2D eigenvalue weighted by Gasteiger charge is -2.29. The highest BCUT2D eigenvalue weighted by Gasteiger charge is 2.23. The Labute approximate surface area is 185 Å². The molecule has 0 radical (unpaired) electrons. The van der Waals surface area contributed by atoms with E-state index in [-0.39, 0.29) is 27.6 Å². The number of carbonyl (C=O) groups is 1. The van der Waals surface area contributed by atoms with Crippen LogP contribution >= 0.6 is 11.6 Å². The van der Waals surface area contributed by atoms with Crippen molar-refractivity contribution in [2.75, 3.05) is 0 Å². The summed E-state index contributed by atoms with van der Waals surface area (Å²) in [6.07, 6.45) is 1.36. The Balaban J connectivity index is 2.18. The molecule has 0 saturated carbocycles. The summed E-state index contributed by atoms with van der Waals surface area (Å²) in [4.78, 5) is 14.5. The van der Waals surface area contributed by atoms with Gasteiger partial charge in [-0.15, -0.1) is 0 Å². The molecule has 0 N–H and O–H groups in total. The molecule has 0 aliphatic carbocycles. The maximum Gasteiger partial charge on any atom is 0.340 e. The van der Waals surface area contributed by atoms with E-state index in [1.807, 2.05) is 25.7 Å². The van der Waals surface area contributed by atoms with Crippen LogP contribution in [0.25, 0.3) is 0 Å². The molecule has 2 rings (SSSR count). The van der Waals surface area contributed by atoms with E-state index >= 15 is 0 Å². The third-order valence-corrected chi connectivity index (χ3v) is 6.80. The van der Waals surface area contributed by atoms with Crippen molar-refractivity contribution >= 4 is 27.6 Å². The number of halogens is 1. The Bertz CT molecular complexity index is 951. The number of carbonyl (C=O) groups excluding carboxylic acids is 1. The maximum atomic E-state index is 12.7. The first-order chi connectivity index (χ1) is 14.0. The lowest BCUT2D eigenvalue weighted by Crippen LogP contribution is -2.38. The zero-order chi connectivity index (χ0) is 22.5. The summed E-state index contributed by atoms with van der Waals surface area (Å²) in [6, 6.07) is 11.8. The molecule has 164 valence electrons. The predicted molar refractivity (Wildman–Crippen MR) is 120 cm³/mol. The summed E-state index contributed by atoms with van der Waals surface area (Å²) in [6.45, 7) is 10.3. The number of amides is 1. The van der Waals surface area contributed by atoms with Gasteiger partial charge in [0.25, 0.3) is 0 Å². The first kappa shape index (κ1) is 24.2. The smallest absolute Gasteiger partial charge is 0.340 e. The fourth-order valence-corrected chi connectivity index (χ4v) is 4.85. The standard InChI is InChI=1S/C23H30ClNO4S/c1-6-18(5)25(22(26)14-16(2)3)15-19-10-12-20(13-11-19)29-30(27,28)23-17(4)8-7-9-21(23)24/h7-13,16,18H,6,14-15H2,1-5H3. The third-order valence-electron chi connectivity index (χ3n) is 4.92. The zero-order valence-electron chi connectivity index (χ0n) is 18.2. The summed E-state index contributed by atoms with van der Waals surface area (Å²) >= 11 is 6.08. The van der Waals surface area contributed by atoms with E-state index in [2.05, 4.69) is 6.92 Å². The van der Waals surface area contributed by atoms with Gasteiger partial charge in [0.15, 0.2) is 0 Å². The molecule has 7 heteroatoms. The fraction of sp³-hybridized carbons (Fsp3) is 0.435. The number of benzene rings is 2. The molecule has 2 aromatic rings. The van der Waals surface area contributed by atoms with Gasteiger partial charge in [0.1, 0.15) is 10.6 Å². The molecule has 30 heavy (non-hydrogen) atoms. The average molecular weight is 452 g/mol. The highest BCUT2D eigenvalue weighted by molar-refractivity contribution is 7.87. The third kappa shape index (κ3) is 6.22. The maximum absolute atomic E-state index is 12.7. The Morgan fingerprint density at radius 2 is 1.73 bits per heavy atom. The minimum atomic E-state index is -4.05. The summed E-state index contributed by atoms with van der Waals surface area (Å²) in [5.74, 6) is 0.608. The molecular formula is C23H30ClNO4S. The molecule has 0 aromatic heterocycles. The highest BCUT2D eigenvalue weighted by atomic mass is 35.5. The van der Waals surface area contributed by atoms with Crippen LogP contribution in [-0.4, -0.2) is 25.3 Å². The normalized spacial score (nSPS) is 12.6. The van der Waals surface area contributed by atoms with E-state index in [1.54, 1.807) is 43.3 Å². The van der Waals surface area contributed by atoms with Crippen molar-refractivity contribution in [2.45, 2.75) is 64.9 Å². The van der Waals surface area contributed by atoms with Gasteiger partial charge in [0, 0.05) is 19.0 Å². The first-order valence-corrected chi connectivity index (χ1v) is 11.9. The van der Waals surface area contributed by atoms with Crippen LogP contribution in [0.15, 0.2) is 47.4 Å². The predicted octanol–water partition coefficient (Wildman–Crippen LogP) is 5.59. The quantitative estimate of drug-likeness (QED) is 0.466. The van der Waals surface area contributed by atoms with Gasteiger partial charge in [-0.25, -0.2) is 0 Å². The first-order valence-electron chi connectivity index (χ1n) is 10.1. The number of nitrogens with zero attached hydrogens (tertiary/aromatic N) is 1. The van der Waals surface area contributed by atoms with Crippen molar-refractivity contribution < 1.29 is 17.4 Å². The molecule has 0 bridgehead atoms. The SMILES string of the molecule is CCC(C)N(Cc1ccc(OS(=O)(=O)c2c(C)cccc2Cl)cc1)C(=O)CC(C)C. The monoisotopic (exact) mass is 451 g/mol. The molecule has 0 aliphatic heterocycles. The van der Waals surface area contributed by atoms with Gasteiger partial charge >= 0.3 is 10.1 Å². The molecular weight excluding hydrogens is 422 g/mol. The second-order valence-corrected chi connectivity index (χ2v) is 9.83. The minimum absolute atomic E-state index is 0.0297. The summed E-state index contributed by atoms with van der Waals surface area (Å²) in [5.41, 5.74) is 1.43. The molecule has 0 heterocycles. The Morgan fingerprint density at radius 3 is 2.27 bits per heavy atom. The Morgan fingerprint density at radius 1 is 1.10 bits per heavy atom. The number of aryl methyl sites for hydroxylation is 1. The lowest BCUT2D eigenvalue weighted by atomic mass is 10.1. The van der Waals surface area contributed by atoms with Gasteiger partial charge in [-0.05, 0) is 55.5 Å². The second kappa shape index (κ2) is 10.3. The van der Waals surface area contributed by atoms with Crippen LogP contribution in [0.4, 0.5) is 0 Å². The van der Waals surface area contributed by atoms with Crippen LogP contribution in [-0.2, 0) is 21.5 Å². The largest absolute Gasteiger partial charge is 0.379 e. The molecule has 0 aliphatic rings. The summed E-state index contributed by atoms with van der Waals surface area (Å²) < 4.78 is 30.6. The molecule has 0 spiro atoms. The van der Waals surface area contributed by atoms with Crippen molar-refractivity contribution in [3.05, 3.63) is 58.6 Å². The van der Waals surface area contributed by atoms with E-state index in [0.717, 1.165) is 12.0 Å². The van der Waals surface area contributed by atoms with Crippen LogP contribution in [0.5, 0.6) is 5.75 Å². The Kier molecular flexibility index (Phi) is 8.33. The van der Waals surface area contributed by atoms with Gasteiger partial charge in [0.05, 0.1) is 5.02 Å². The Hall–Kier alpha value is -2.05. The molecule has 0 saturated heterocycles. The van der Waals surface area contributed by atoms with Crippen molar-refractivity contribution in [1.82, 2.24) is 4.90 Å². The van der Waals surface area contributed by atoms with Gasteiger partial charge in [-0.2, -0.15) is 8.42 Å². The van der Waals surface area contributed by atoms with Gasteiger partial charge in [-0.3, -0.25) is 4.79 Å². The van der Waals surface area contributed by atoms with Crippen LogP contribution < -0.4 is 4.18 Å². The topological polar surface area (TPSA) is 63.7 Å².